The third-order valence-electron chi connectivity index (χ3n) is 5.30. The molecule has 0 radical (unpaired) electrons. The van der Waals surface area contributed by atoms with E-state index in [2.05, 4.69) is 48.4 Å². The molecule has 1 unspecified atom stereocenters. The minimum absolute atomic E-state index is 0. The average molecular weight is 368 g/mol. The predicted molar refractivity (Wildman–Crippen MR) is 109 cm³/mol. The summed E-state index contributed by atoms with van der Waals surface area (Å²) < 4.78 is 0. The summed E-state index contributed by atoms with van der Waals surface area (Å²) in [6, 6.07) is 4.18. The number of aryl methyl sites for hydroxylation is 3. The van der Waals surface area contributed by atoms with Crippen LogP contribution in [0, 0.1) is 26.7 Å². The van der Waals surface area contributed by atoms with Crippen molar-refractivity contribution in [3.63, 3.8) is 0 Å². The fraction of sp³-hybridized carbons (Fsp3) is 0.650. The molecule has 1 aromatic rings. The Morgan fingerprint density at radius 1 is 1.20 bits per heavy atom. The number of piperidine rings is 1. The molecule has 0 aliphatic carbocycles. The summed E-state index contributed by atoms with van der Waals surface area (Å²) in [5.41, 5.74) is 4.48. The first-order valence-corrected chi connectivity index (χ1v) is 9.19. The van der Waals surface area contributed by atoms with Gasteiger partial charge in [-0.15, -0.1) is 12.4 Å². The molecule has 4 nitrogen and oxygen atoms in total. The van der Waals surface area contributed by atoms with E-state index >= 15 is 0 Å². The van der Waals surface area contributed by atoms with Crippen LogP contribution in [-0.4, -0.2) is 43.5 Å². The summed E-state index contributed by atoms with van der Waals surface area (Å²) in [6.45, 7) is 11.4. The minimum Gasteiger partial charge on any atom is -0.324 e. The van der Waals surface area contributed by atoms with Gasteiger partial charge in [0.25, 0.3) is 0 Å². The molecule has 0 aromatic heterocycles. The lowest BCUT2D eigenvalue weighted by atomic mass is 9.92. The molecule has 0 saturated carbocycles. The highest BCUT2D eigenvalue weighted by Gasteiger charge is 2.26. The highest BCUT2D eigenvalue weighted by Crippen LogP contribution is 2.24. The van der Waals surface area contributed by atoms with Crippen LogP contribution in [0.1, 0.15) is 42.9 Å². The Balaban J connectivity index is 0.00000312. The quantitative estimate of drug-likeness (QED) is 0.806. The van der Waals surface area contributed by atoms with E-state index in [0.717, 1.165) is 42.4 Å². The van der Waals surface area contributed by atoms with Gasteiger partial charge in [-0.05, 0) is 90.7 Å². The first-order valence-electron chi connectivity index (χ1n) is 9.19. The van der Waals surface area contributed by atoms with Gasteiger partial charge in [0, 0.05) is 5.69 Å². The van der Waals surface area contributed by atoms with Crippen molar-refractivity contribution in [3.8, 4) is 0 Å². The van der Waals surface area contributed by atoms with Crippen LogP contribution in [0.5, 0.6) is 0 Å². The van der Waals surface area contributed by atoms with Crippen molar-refractivity contribution in [2.75, 3.05) is 32.0 Å². The molecular formula is C20H34ClN3O. The molecule has 0 spiro atoms. The third kappa shape index (κ3) is 5.98. The molecule has 1 heterocycles. The summed E-state index contributed by atoms with van der Waals surface area (Å²) >= 11 is 0. The monoisotopic (exact) mass is 367 g/mol. The van der Waals surface area contributed by atoms with Crippen LogP contribution in [0.2, 0.25) is 0 Å². The van der Waals surface area contributed by atoms with E-state index < -0.39 is 0 Å². The van der Waals surface area contributed by atoms with Gasteiger partial charge in [-0.25, -0.2) is 0 Å². The number of nitrogens with one attached hydrogen (secondary N) is 2. The van der Waals surface area contributed by atoms with Gasteiger partial charge in [-0.2, -0.15) is 0 Å². The number of hydrogen-bond acceptors (Lipinski definition) is 3. The van der Waals surface area contributed by atoms with Gasteiger partial charge in [-0.1, -0.05) is 17.7 Å². The number of amides is 1. The van der Waals surface area contributed by atoms with E-state index in [1.165, 1.54) is 24.8 Å². The molecular weight excluding hydrogens is 334 g/mol. The molecule has 1 saturated heterocycles. The van der Waals surface area contributed by atoms with E-state index in [1.54, 1.807) is 0 Å². The lowest BCUT2D eigenvalue weighted by Crippen LogP contribution is -2.46. The fourth-order valence-corrected chi connectivity index (χ4v) is 3.75. The second kappa shape index (κ2) is 10.1. The number of benzene rings is 1. The smallest absolute Gasteiger partial charge is 0.241 e. The van der Waals surface area contributed by atoms with Crippen molar-refractivity contribution in [2.45, 2.75) is 53.0 Å². The molecule has 1 aliphatic heterocycles. The molecule has 1 atom stereocenters. The Hall–Kier alpha value is -1.10. The van der Waals surface area contributed by atoms with Crippen LogP contribution in [-0.2, 0) is 4.79 Å². The summed E-state index contributed by atoms with van der Waals surface area (Å²) in [4.78, 5) is 15.0. The molecule has 142 valence electrons. The molecule has 1 fully saturated rings. The second-order valence-corrected chi connectivity index (χ2v) is 7.31. The Morgan fingerprint density at radius 2 is 1.76 bits per heavy atom. The summed E-state index contributed by atoms with van der Waals surface area (Å²) in [7, 11) is 2.01. The van der Waals surface area contributed by atoms with Gasteiger partial charge in [0.1, 0.15) is 0 Å². The maximum Gasteiger partial charge on any atom is 0.241 e. The van der Waals surface area contributed by atoms with Crippen LogP contribution in [0.15, 0.2) is 12.1 Å². The van der Waals surface area contributed by atoms with Crippen LogP contribution in [0.25, 0.3) is 0 Å². The van der Waals surface area contributed by atoms with Crippen LogP contribution < -0.4 is 10.6 Å². The predicted octanol–water partition coefficient (Wildman–Crippen LogP) is 3.68. The normalized spacial score (nSPS) is 17.0. The number of rotatable bonds is 6. The zero-order valence-corrected chi connectivity index (χ0v) is 17.1. The maximum absolute atomic E-state index is 12.7. The molecule has 25 heavy (non-hydrogen) atoms. The van der Waals surface area contributed by atoms with Gasteiger partial charge in [-0.3, -0.25) is 9.69 Å². The summed E-state index contributed by atoms with van der Waals surface area (Å²) in [6.07, 6.45) is 3.64. The number of nitrogens with zero attached hydrogens (tertiary/aromatic N) is 1. The zero-order valence-electron chi connectivity index (χ0n) is 16.3. The van der Waals surface area contributed by atoms with Gasteiger partial charge in [0.2, 0.25) is 5.91 Å². The molecule has 5 heteroatoms. The SMILES string of the molecule is CNCCC1CCN(C(C)C(=O)Nc2c(C)cc(C)cc2C)CC1.Cl. The highest BCUT2D eigenvalue weighted by atomic mass is 35.5. The van der Waals surface area contributed by atoms with Gasteiger partial charge >= 0.3 is 0 Å². The molecule has 1 aliphatic rings. The Labute approximate surface area is 159 Å². The van der Waals surface area contributed by atoms with Gasteiger partial charge < -0.3 is 10.6 Å². The summed E-state index contributed by atoms with van der Waals surface area (Å²) in [5.74, 6) is 0.907. The Kier molecular flexibility index (Phi) is 8.91. The Bertz CT molecular complexity index is 545. The third-order valence-corrected chi connectivity index (χ3v) is 5.30. The van der Waals surface area contributed by atoms with Crippen molar-refractivity contribution >= 4 is 24.0 Å². The van der Waals surface area contributed by atoms with Gasteiger partial charge in [0.05, 0.1) is 6.04 Å². The van der Waals surface area contributed by atoms with Crippen LogP contribution in [0.3, 0.4) is 0 Å². The van der Waals surface area contributed by atoms with Crippen molar-refractivity contribution in [1.82, 2.24) is 10.2 Å². The fourth-order valence-electron chi connectivity index (χ4n) is 3.75. The molecule has 2 N–H and O–H groups in total. The van der Waals surface area contributed by atoms with E-state index in [9.17, 15) is 4.79 Å². The topological polar surface area (TPSA) is 44.4 Å². The standard InChI is InChI=1S/C20H33N3O.ClH/c1-14-12-15(2)19(16(3)13-14)22-20(24)17(4)23-10-7-18(8-11-23)6-9-21-5;/h12-13,17-18,21H,6-11H2,1-5H3,(H,22,24);1H. The Morgan fingerprint density at radius 3 is 2.28 bits per heavy atom. The van der Waals surface area contributed by atoms with Crippen molar-refractivity contribution in [3.05, 3.63) is 28.8 Å². The minimum atomic E-state index is -0.0737. The molecule has 1 amide bonds. The molecule has 1 aromatic carbocycles. The number of likely N-dealkylation sites (tertiary alicyclic amines) is 1. The lowest BCUT2D eigenvalue weighted by molar-refractivity contribution is -0.121. The van der Waals surface area contributed by atoms with E-state index in [0.29, 0.717) is 0 Å². The van der Waals surface area contributed by atoms with Crippen molar-refractivity contribution < 1.29 is 4.79 Å². The zero-order chi connectivity index (χ0) is 17.7. The number of hydrogen-bond donors (Lipinski definition) is 2. The van der Waals surface area contributed by atoms with E-state index in [4.69, 9.17) is 0 Å². The van der Waals surface area contributed by atoms with E-state index in [1.807, 2.05) is 14.0 Å². The highest BCUT2D eigenvalue weighted by molar-refractivity contribution is 5.96. The van der Waals surface area contributed by atoms with Crippen LogP contribution >= 0.6 is 12.4 Å². The molecule has 2 rings (SSSR count). The number of carbonyl (C=O) groups excluding carboxylic acids is 1. The maximum atomic E-state index is 12.7. The molecule has 0 bridgehead atoms. The number of carbonyl (C=O) groups is 1. The van der Waals surface area contributed by atoms with Gasteiger partial charge in [0.15, 0.2) is 0 Å². The van der Waals surface area contributed by atoms with E-state index in [-0.39, 0.29) is 24.4 Å². The first-order chi connectivity index (χ1) is 11.4. The second-order valence-electron chi connectivity index (χ2n) is 7.31. The summed E-state index contributed by atoms with van der Waals surface area (Å²) in [5, 5.41) is 6.39. The first kappa shape index (κ1) is 21.9. The number of halogens is 1. The largest absolute Gasteiger partial charge is 0.324 e. The van der Waals surface area contributed by atoms with Crippen molar-refractivity contribution in [2.24, 2.45) is 5.92 Å². The van der Waals surface area contributed by atoms with Crippen LogP contribution in [0.4, 0.5) is 5.69 Å². The number of anilines is 1. The lowest BCUT2D eigenvalue weighted by Gasteiger charge is -2.35. The average Bonchev–Trinajstić information content (AvgIpc) is 2.55. The van der Waals surface area contributed by atoms with Crippen molar-refractivity contribution in [1.29, 1.82) is 0 Å².